The van der Waals surface area contributed by atoms with Gasteiger partial charge in [-0.25, -0.2) is 9.67 Å². The number of aryl methyl sites for hydroxylation is 1. The van der Waals surface area contributed by atoms with Crippen molar-refractivity contribution in [2.45, 2.75) is 64.8 Å². The molecule has 0 radical (unpaired) electrons. The van der Waals surface area contributed by atoms with E-state index in [9.17, 15) is 0 Å². The third-order valence-electron chi connectivity index (χ3n) is 5.51. The van der Waals surface area contributed by atoms with Crippen molar-refractivity contribution in [2.75, 3.05) is 11.9 Å². The van der Waals surface area contributed by atoms with Crippen LogP contribution in [0.5, 0.6) is 0 Å². The van der Waals surface area contributed by atoms with Gasteiger partial charge in [0.15, 0.2) is 5.65 Å². The fourth-order valence-electron chi connectivity index (χ4n) is 3.89. The lowest BCUT2D eigenvalue weighted by Crippen LogP contribution is -2.15. The first-order chi connectivity index (χ1) is 13.3. The summed E-state index contributed by atoms with van der Waals surface area (Å²) in [4.78, 5) is 9.43. The average Bonchev–Trinajstić information content (AvgIpc) is 3.08. The highest BCUT2D eigenvalue weighted by molar-refractivity contribution is 5.91. The largest absolute Gasteiger partial charge is 0.354 e. The van der Waals surface area contributed by atoms with Crippen LogP contribution in [0.1, 0.15) is 63.5 Å². The van der Waals surface area contributed by atoms with Crippen molar-refractivity contribution in [1.29, 1.82) is 0 Å². The predicted octanol–water partition coefficient (Wildman–Crippen LogP) is 5.52. The van der Waals surface area contributed by atoms with Crippen LogP contribution in [-0.2, 0) is 0 Å². The Morgan fingerprint density at radius 3 is 2.63 bits per heavy atom. The maximum absolute atomic E-state index is 5.04. The Hall–Kier alpha value is -2.43. The number of nitrogens with zero attached hydrogens (tertiary/aromatic N) is 4. The SMILES string of the molecule is CCCCNc1ncc2c(-c3ccc(C)cc3)nn(C3CCCCC3)c2n1. The molecule has 2 aromatic heterocycles. The lowest BCUT2D eigenvalue weighted by atomic mass is 9.96. The number of hydrogen-bond acceptors (Lipinski definition) is 4. The Morgan fingerprint density at radius 1 is 1.11 bits per heavy atom. The van der Waals surface area contributed by atoms with Crippen molar-refractivity contribution >= 4 is 17.0 Å². The number of fused-ring (bicyclic) bond motifs is 1. The maximum atomic E-state index is 5.04. The van der Waals surface area contributed by atoms with E-state index < -0.39 is 0 Å². The molecular formula is C22H29N5. The molecule has 1 aliphatic carbocycles. The maximum Gasteiger partial charge on any atom is 0.224 e. The van der Waals surface area contributed by atoms with Gasteiger partial charge in [-0.05, 0) is 26.2 Å². The summed E-state index contributed by atoms with van der Waals surface area (Å²) in [5.74, 6) is 0.711. The van der Waals surface area contributed by atoms with Gasteiger partial charge in [-0.15, -0.1) is 0 Å². The third kappa shape index (κ3) is 3.82. The molecule has 1 N–H and O–H groups in total. The van der Waals surface area contributed by atoms with Gasteiger partial charge in [0.25, 0.3) is 0 Å². The zero-order valence-electron chi connectivity index (χ0n) is 16.4. The summed E-state index contributed by atoms with van der Waals surface area (Å²) in [6, 6.07) is 9.02. The summed E-state index contributed by atoms with van der Waals surface area (Å²) < 4.78 is 2.18. The topological polar surface area (TPSA) is 55.6 Å². The molecule has 1 aliphatic rings. The first kappa shape index (κ1) is 18.0. The van der Waals surface area contributed by atoms with Crippen molar-refractivity contribution in [3.63, 3.8) is 0 Å². The minimum atomic E-state index is 0.443. The van der Waals surface area contributed by atoms with Gasteiger partial charge in [-0.2, -0.15) is 10.1 Å². The van der Waals surface area contributed by atoms with Gasteiger partial charge >= 0.3 is 0 Å². The van der Waals surface area contributed by atoms with E-state index in [4.69, 9.17) is 10.1 Å². The smallest absolute Gasteiger partial charge is 0.224 e. The second-order valence-electron chi connectivity index (χ2n) is 7.66. The molecule has 27 heavy (non-hydrogen) atoms. The van der Waals surface area contributed by atoms with Crippen molar-refractivity contribution in [3.8, 4) is 11.3 Å². The molecule has 2 heterocycles. The third-order valence-corrected chi connectivity index (χ3v) is 5.51. The van der Waals surface area contributed by atoms with Crippen LogP contribution >= 0.6 is 0 Å². The molecule has 0 unspecified atom stereocenters. The van der Waals surface area contributed by atoms with Crippen molar-refractivity contribution in [3.05, 3.63) is 36.0 Å². The highest BCUT2D eigenvalue weighted by atomic mass is 15.3. The molecule has 0 saturated heterocycles. The minimum absolute atomic E-state index is 0.443. The molecule has 0 bridgehead atoms. The van der Waals surface area contributed by atoms with E-state index in [1.165, 1.54) is 37.7 Å². The van der Waals surface area contributed by atoms with Gasteiger partial charge in [-0.3, -0.25) is 0 Å². The second-order valence-corrected chi connectivity index (χ2v) is 7.66. The number of unbranched alkanes of at least 4 members (excludes halogenated alkanes) is 1. The summed E-state index contributed by atoms with van der Waals surface area (Å²) in [5, 5.41) is 9.44. The molecule has 0 spiro atoms. The van der Waals surface area contributed by atoms with Crippen molar-refractivity contribution in [2.24, 2.45) is 0 Å². The van der Waals surface area contributed by atoms with Crippen LogP contribution in [0.2, 0.25) is 0 Å². The first-order valence-electron chi connectivity index (χ1n) is 10.3. The summed E-state index contributed by atoms with van der Waals surface area (Å²) in [6.07, 6.45) is 10.5. The normalized spacial score (nSPS) is 15.3. The Bertz CT molecular complexity index is 891. The van der Waals surface area contributed by atoms with Crippen LogP contribution in [0.3, 0.4) is 0 Å². The zero-order chi connectivity index (χ0) is 18.6. The molecule has 1 fully saturated rings. The van der Waals surface area contributed by atoms with Gasteiger partial charge < -0.3 is 5.32 Å². The summed E-state index contributed by atoms with van der Waals surface area (Å²) in [6.45, 7) is 5.21. The number of aromatic nitrogens is 4. The first-order valence-corrected chi connectivity index (χ1v) is 10.3. The Morgan fingerprint density at radius 2 is 1.89 bits per heavy atom. The lowest BCUT2D eigenvalue weighted by molar-refractivity contribution is 0.336. The molecule has 5 nitrogen and oxygen atoms in total. The fraction of sp³-hybridized carbons (Fsp3) is 0.500. The highest BCUT2D eigenvalue weighted by Crippen LogP contribution is 2.34. The van der Waals surface area contributed by atoms with E-state index >= 15 is 0 Å². The van der Waals surface area contributed by atoms with E-state index in [0.29, 0.717) is 12.0 Å². The lowest BCUT2D eigenvalue weighted by Gasteiger charge is -2.22. The van der Waals surface area contributed by atoms with Crippen LogP contribution in [-0.4, -0.2) is 26.3 Å². The average molecular weight is 364 g/mol. The van der Waals surface area contributed by atoms with Gasteiger partial charge in [0.1, 0.15) is 5.69 Å². The summed E-state index contributed by atoms with van der Waals surface area (Å²) in [7, 11) is 0. The van der Waals surface area contributed by atoms with E-state index in [0.717, 1.165) is 41.7 Å². The van der Waals surface area contributed by atoms with Crippen LogP contribution in [0.15, 0.2) is 30.5 Å². The number of benzene rings is 1. The monoisotopic (exact) mass is 363 g/mol. The van der Waals surface area contributed by atoms with Crippen molar-refractivity contribution < 1.29 is 0 Å². The molecule has 0 amide bonds. The van der Waals surface area contributed by atoms with Gasteiger partial charge in [0.2, 0.25) is 5.95 Å². The molecule has 0 aliphatic heterocycles. The van der Waals surface area contributed by atoms with Crippen LogP contribution in [0.25, 0.3) is 22.3 Å². The fourth-order valence-corrected chi connectivity index (χ4v) is 3.89. The van der Waals surface area contributed by atoms with Crippen LogP contribution in [0.4, 0.5) is 5.95 Å². The molecule has 0 atom stereocenters. The predicted molar refractivity (Wildman–Crippen MR) is 111 cm³/mol. The standard InChI is InChI=1S/C22H29N5/c1-3-4-14-23-22-24-15-19-20(17-12-10-16(2)11-13-17)26-27(21(19)25-22)18-8-6-5-7-9-18/h10-13,15,18H,3-9,14H2,1-2H3,(H,23,24,25). The van der Waals surface area contributed by atoms with E-state index in [1.54, 1.807) is 0 Å². The molecule has 3 aromatic rings. The molecule has 1 saturated carbocycles. The van der Waals surface area contributed by atoms with E-state index in [-0.39, 0.29) is 0 Å². The molecule has 4 rings (SSSR count). The Kier molecular flexibility index (Phi) is 5.37. The van der Waals surface area contributed by atoms with Crippen LogP contribution < -0.4 is 5.32 Å². The number of hydrogen-bond donors (Lipinski definition) is 1. The van der Waals surface area contributed by atoms with Gasteiger partial charge in [0.05, 0.1) is 11.4 Å². The van der Waals surface area contributed by atoms with Crippen molar-refractivity contribution in [1.82, 2.24) is 19.7 Å². The van der Waals surface area contributed by atoms with Gasteiger partial charge in [0, 0.05) is 18.3 Å². The minimum Gasteiger partial charge on any atom is -0.354 e. The summed E-state index contributed by atoms with van der Waals surface area (Å²) in [5.41, 5.74) is 4.35. The zero-order valence-corrected chi connectivity index (χ0v) is 16.4. The Labute approximate surface area is 161 Å². The number of anilines is 1. The molecule has 1 aromatic carbocycles. The van der Waals surface area contributed by atoms with Gasteiger partial charge in [-0.1, -0.05) is 62.4 Å². The molecular weight excluding hydrogens is 334 g/mol. The van der Waals surface area contributed by atoms with Crippen LogP contribution in [0, 0.1) is 6.92 Å². The molecule has 5 heteroatoms. The number of rotatable bonds is 6. The second kappa shape index (κ2) is 8.07. The molecule has 142 valence electrons. The van der Waals surface area contributed by atoms with E-state index in [1.807, 2.05) is 6.20 Å². The summed E-state index contributed by atoms with van der Waals surface area (Å²) >= 11 is 0. The highest BCUT2D eigenvalue weighted by Gasteiger charge is 2.22. The Balaban J connectivity index is 1.77. The van der Waals surface area contributed by atoms with E-state index in [2.05, 4.69) is 53.1 Å². The quantitative estimate of drug-likeness (QED) is 0.586. The number of nitrogens with one attached hydrogen (secondary N) is 1.